The molecule has 0 spiro atoms. The first-order chi connectivity index (χ1) is 8.36. The van der Waals surface area contributed by atoms with Gasteiger partial charge in [-0.2, -0.15) is 0 Å². The van der Waals surface area contributed by atoms with Crippen LogP contribution < -0.4 is 5.32 Å². The van der Waals surface area contributed by atoms with Gasteiger partial charge in [0.25, 0.3) is 0 Å². The van der Waals surface area contributed by atoms with Crippen molar-refractivity contribution in [3.8, 4) is 0 Å². The van der Waals surface area contributed by atoms with Crippen molar-refractivity contribution in [2.75, 3.05) is 26.2 Å². The predicted octanol–water partition coefficient (Wildman–Crippen LogP) is 2.10. The van der Waals surface area contributed by atoms with Crippen molar-refractivity contribution in [1.29, 1.82) is 0 Å². The Kier molecular flexibility index (Phi) is 6.09. The molecule has 0 aromatic heterocycles. The summed E-state index contributed by atoms with van der Waals surface area (Å²) in [4.78, 5) is 2.56. The molecule has 0 bridgehead atoms. The summed E-state index contributed by atoms with van der Waals surface area (Å²) in [6.07, 6.45) is 2.33. The lowest BCUT2D eigenvalue weighted by molar-refractivity contribution is 0.103. The maximum absolute atomic E-state index is 9.58. The van der Waals surface area contributed by atoms with Gasteiger partial charge in [-0.05, 0) is 44.7 Å². The topological polar surface area (TPSA) is 35.5 Å². The first-order valence-electron chi connectivity index (χ1n) is 7.47. The summed E-state index contributed by atoms with van der Waals surface area (Å²) < 4.78 is 0. The molecule has 0 saturated carbocycles. The molecule has 0 radical (unpaired) electrons. The summed E-state index contributed by atoms with van der Waals surface area (Å²) in [5.74, 6) is 1.66. The van der Waals surface area contributed by atoms with Crippen molar-refractivity contribution in [3.05, 3.63) is 0 Å². The molecule has 1 rings (SSSR count). The molecule has 18 heavy (non-hydrogen) atoms. The van der Waals surface area contributed by atoms with Gasteiger partial charge in [0.05, 0.1) is 6.61 Å². The van der Waals surface area contributed by atoms with Crippen molar-refractivity contribution in [3.63, 3.8) is 0 Å². The van der Waals surface area contributed by atoms with Crippen LogP contribution in [0.25, 0.3) is 0 Å². The molecule has 108 valence electrons. The van der Waals surface area contributed by atoms with E-state index in [0.717, 1.165) is 24.8 Å². The third-order valence-corrected chi connectivity index (χ3v) is 4.38. The average molecular weight is 256 g/mol. The highest BCUT2D eigenvalue weighted by Gasteiger charge is 2.27. The molecule has 0 aliphatic carbocycles. The number of aliphatic hydroxyl groups excluding tert-OH is 1. The van der Waals surface area contributed by atoms with Gasteiger partial charge in [-0.25, -0.2) is 0 Å². The predicted molar refractivity (Wildman–Crippen MR) is 77.8 cm³/mol. The van der Waals surface area contributed by atoms with Gasteiger partial charge in [-0.1, -0.05) is 27.7 Å². The zero-order valence-electron chi connectivity index (χ0n) is 12.9. The van der Waals surface area contributed by atoms with Crippen LogP contribution in [-0.4, -0.2) is 47.8 Å². The van der Waals surface area contributed by atoms with Gasteiger partial charge < -0.3 is 15.3 Å². The highest BCUT2D eigenvalue weighted by atomic mass is 16.3. The second-order valence-electron chi connectivity index (χ2n) is 6.81. The zero-order chi connectivity index (χ0) is 13.8. The number of hydrogen-bond donors (Lipinski definition) is 2. The number of aliphatic hydroxyl groups is 1. The molecule has 0 aromatic rings. The van der Waals surface area contributed by atoms with Gasteiger partial charge in [-0.15, -0.1) is 0 Å². The first kappa shape index (κ1) is 15.9. The van der Waals surface area contributed by atoms with E-state index < -0.39 is 0 Å². The third-order valence-electron chi connectivity index (χ3n) is 4.38. The zero-order valence-corrected chi connectivity index (χ0v) is 12.9. The van der Waals surface area contributed by atoms with Crippen molar-refractivity contribution < 1.29 is 5.11 Å². The SMILES string of the molecule is CC(C)NC(C)(CO)CCN1CCC(C)C(C)C1. The highest BCUT2D eigenvalue weighted by Crippen LogP contribution is 2.23. The van der Waals surface area contributed by atoms with E-state index in [1.54, 1.807) is 0 Å². The minimum atomic E-state index is -0.138. The van der Waals surface area contributed by atoms with E-state index in [1.165, 1.54) is 19.5 Å². The van der Waals surface area contributed by atoms with Gasteiger partial charge in [0, 0.05) is 18.1 Å². The van der Waals surface area contributed by atoms with Gasteiger partial charge >= 0.3 is 0 Å². The molecule has 3 atom stereocenters. The molecule has 1 heterocycles. The summed E-state index contributed by atoms with van der Waals surface area (Å²) in [5.41, 5.74) is -0.138. The Bertz CT molecular complexity index is 245. The molecule has 0 aromatic carbocycles. The minimum Gasteiger partial charge on any atom is -0.394 e. The van der Waals surface area contributed by atoms with Crippen LogP contribution in [0.2, 0.25) is 0 Å². The summed E-state index contributed by atoms with van der Waals surface area (Å²) in [6, 6.07) is 0.419. The molecule has 1 aliphatic heterocycles. The smallest absolute Gasteiger partial charge is 0.0611 e. The van der Waals surface area contributed by atoms with Crippen LogP contribution in [0, 0.1) is 11.8 Å². The Labute approximate surface area is 113 Å². The van der Waals surface area contributed by atoms with E-state index >= 15 is 0 Å². The fourth-order valence-electron chi connectivity index (χ4n) is 2.85. The molecule has 2 N–H and O–H groups in total. The van der Waals surface area contributed by atoms with E-state index in [1.807, 2.05) is 0 Å². The lowest BCUT2D eigenvalue weighted by atomic mass is 9.88. The standard InChI is InChI=1S/C15H32N2O/c1-12(2)16-15(5,11-18)7-9-17-8-6-13(3)14(4)10-17/h12-14,16,18H,6-11H2,1-5H3. The van der Waals surface area contributed by atoms with Crippen LogP contribution in [0.3, 0.4) is 0 Å². The van der Waals surface area contributed by atoms with Crippen molar-refractivity contribution >= 4 is 0 Å². The van der Waals surface area contributed by atoms with Crippen LogP contribution in [-0.2, 0) is 0 Å². The average Bonchev–Trinajstić information content (AvgIpc) is 2.30. The number of piperidine rings is 1. The van der Waals surface area contributed by atoms with Crippen LogP contribution in [0.4, 0.5) is 0 Å². The number of likely N-dealkylation sites (tertiary alicyclic amines) is 1. The largest absolute Gasteiger partial charge is 0.394 e. The van der Waals surface area contributed by atoms with Gasteiger partial charge in [-0.3, -0.25) is 0 Å². The quantitative estimate of drug-likeness (QED) is 0.764. The van der Waals surface area contributed by atoms with Crippen molar-refractivity contribution in [2.45, 2.75) is 59.0 Å². The Morgan fingerprint density at radius 1 is 1.33 bits per heavy atom. The van der Waals surface area contributed by atoms with Crippen molar-refractivity contribution in [2.24, 2.45) is 11.8 Å². The Balaban J connectivity index is 2.39. The van der Waals surface area contributed by atoms with Gasteiger partial charge in [0.15, 0.2) is 0 Å². The highest BCUT2D eigenvalue weighted by molar-refractivity contribution is 4.86. The lowest BCUT2D eigenvalue weighted by Crippen LogP contribution is -2.51. The van der Waals surface area contributed by atoms with Crippen LogP contribution in [0.1, 0.15) is 47.5 Å². The maximum Gasteiger partial charge on any atom is 0.0611 e. The lowest BCUT2D eigenvalue weighted by Gasteiger charge is -2.38. The van der Waals surface area contributed by atoms with Crippen LogP contribution in [0.15, 0.2) is 0 Å². The van der Waals surface area contributed by atoms with Gasteiger partial charge in [0.1, 0.15) is 0 Å². The number of rotatable bonds is 6. The molecule has 3 unspecified atom stereocenters. The molecular weight excluding hydrogens is 224 g/mol. The Hall–Kier alpha value is -0.120. The fourth-order valence-corrected chi connectivity index (χ4v) is 2.85. The number of hydrogen-bond acceptors (Lipinski definition) is 3. The van der Waals surface area contributed by atoms with E-state index in [9.17, 15) is 5.11 Å². The molecule has 1 aliphatic rings. The third kappa shape index (κ3) is 4.87. The first-order valence-corrected chi connectivity index (χ1v) is 7.47. The fraction of sp³-hybridized carbons (Fsp3) is 1.00. The van der Waals surface area contributed by atoms with Crippen LogP contribution in [0.5, 0.6) is 0 Å². The Morgan fingerprint density at radius 2 is 2.00 bits per heavy atom. The summed E-state index contributed by atoms with van der Waals surface area (Å²) in [5, 5.41) is 13.1. The van der Waals surface area contributed by atoms with E-state index in [0.29, 0.717) is 6.04 Å². The molecule has 0 amide bonds. The number of nitrogens with one attached hydrogen (secondary N) is 1. The number of nitrogens with zero attached hydrogens (tertiary/aromatic N) is 1. The van der Waals surface area contributed by atoms with Crippen LogP contribution >= 0.6 is 0 Å². The summed E-state index contributed by atoms with van der Waals surface area (Å²) in [6.45, 7) is 14.9. The maximum atomic E-state index is 9.58. The summed E-state index contributed by atoms with van der Waals surface area (Å²) in [7, 11) is 0. The van der Waals surface area contributed by atoms with Gasteiger partial charge in [0.2, 0.25) is 0 Å². The second-order valence-corrected chi connectivity index (χ2v) is 6.81. The van der Waals surface area contributed by atoms with E-state index in [2.05, 4.69) is 44.8 Å². The van der Waals surface area contributed by atoms with E-state index in [-0.39, 0.29) is 12.1 Å². The normalized spacial score (nSPS) is 29.5. The molecule has 1 saturated heterocycles. The summed E-state index contributed by atoms with van der Waals surface area (Å²) >= 11 is 0. The second kappa shape index (κ2) is 6.88. The monoisotopic (exact) mass is 256 g/mol. The molecule has 3 nitrogen and oxygen atoms in total. The molecule has 3 heteroatoms. The minimum absolute atomic E-state index is 0.138. The molecule has 1 fully saturated rings. The van der Waals surface area contributed by atoms with Crippen molar-refractivity contribution in [1.82, 2.24) is 10.2 Å². The molecular formula is C15H32N2O. The van der Waals surface area contributed by atoms with E-state index in [4.69, 9.17) is 0 Å². The Morgan fingerprint density at radius 3 is 2.50 bits per heavy atom.